The summed E-state index contributed by atoms with van der Waals surface area (Å²) < 4.78 is 0. The maximum absolute atomic E-state index is 5.41. The van der Waals surface area contributed by atoms with Gasteiger partial charge in [-0.2, -0.15) is 0 Å². The molecule has 0 N–H and O–H groups in total. The molecule has 0 saturated carbocycles. The Kier molecular flexibility index (Phi) is 8.01. The molecule has 1 aromatic heterocycles. The average Bonchev–Trinajstić information content (AvgIpc) is 3.30. The van der Waals surface area contributed by atoms with Crippen LogP contribution in [0.15, 0.2) is 218 Å². The standard InChI is InChI=1S/C54H38N2Si/c1-6-20-37(21-7-1)47-36-48(56-54(55-47)38-22-8-2-9-23-38)44-32-18-33-45-50-42-30-16-17-31-43(42)53(51(44)45)52-46(50)34-19-35-49(52)57(39-24-10-3-11-25-39,40-26-12-4-13-27-40)41-28-14-5-15-29-41/h1-36,50,53H. The second-order valence-electron chi connectivity index (χ2n) is 15.2. The van der Waals surface area contributed by atoms with Crippen LogP contribution < -0.4 is 20.7 Å². The van der Waals surface area contributed by atoms with Crippen molar-refractivity contribution in [2.24, 2.45) is 0 Å². The number of hydrogen-bond acceptors (Lipinski definition) is 2. The molecule has 2 unspecified atom stereocenters. The molecule has 1 heterocycles. The van der Waals surface area contributed by atoms with Gasteiger partial charge >= 0.3 is 0 Å². The van der Waals surface area contributed by atoms with Crippen LogP contribution >= 0.6 is 0 Å². The van der Waals surface area contributed by atoms with E-state index in [1.165, 1.54) is 59.7 Å². The van der Waals surface area contributed by atoms with Crippen molar-refractivity contribution in [3.05, 3.63) is 252 Å². The second-order valence-corrected chi connectivity index (χ2v) is 18.9. The molecule has 0 saturated heterocycles. The van der Waals surface area contributed by atoms with Gasteiger partial charge in [0.25, 0.3) is 0 Å². The van der Waals surface area contributed by atoms with E-state index in [-0.39, 0.29) is 11.8 Å². The molecule has 12 rings (SSSR count). The highest BCUT2D eigenvalue weighted by Gasteiger charge is 2.49. The van der Waals surface area contributed by atoms with Crippen LogP contribution in [0.1, 0.15) is 45.2 Å². The quantitative estimate of drug-likeness (QED) is 0.120. The van der Waals surface area contributed by atoms with E-state index in [0.717, 1.165) is 28.3 Å². The van der Waals surface area contributed by atoms with Gasteiger partial charge in [-0.25, -0.2) is 9.97 Å². The summed E-state index contributed by atoms with van der Waals surface area (Å²) in [6, 6.07) is 80.4. The van der Waals surface area contributed by atoms with Crippen molar-refractivity contribution in [1.82, 2.24) is 9.97 Å². The van der Waals surface area contributed by atoms with Crippen LogP contribution in [0.25, 0.3) is 33.9 Å². The largest absolute Gasteiger partial charge is 0.228 e. The van der Waals surface area contributed by atoms with E-state index in [1.54, 1.807) is 0 Å². The minimum atomic E-state index is -2.89. The lowest BCUT2D eigenvalue weighted by Gasteiger charge is -2.46. The molecule has 8 aromatic carbocycles. The van der Waals surface area contributed by atoms with Crippen molar-refractivity contribution in [1.29, 1.82) is 0 Å². The highest BCUT2D eigenvalue weighted by Crippen LogP contribution is 2.57. The van der Waals surface area contributed by atoms with E-state index in [4.69, 9.17) is 9.97 Å². The van der Waals surface area contributed by atoms with Crippen molar-refractivity contribution in [3.63, 3.8) is 0 Å². The van der Waals surface area contributed by atoms with Gasteiger partial charge in [-0.15, -0.1) is 0 Å². The molecule has 2 nitrogen and oxygen atoms in total. The molecule has 3 heteroatoms. The SMILES string of the molecule is c1ccc(-c2cc(-c3cccc4c3C3c5ccccc5C4c4cccc([Si](c5ccccc5)(c5ccccc5)c5ccccc5)c43)nc(-c3ccccc3)n2)cc1. The van der Waals surface area contributed by atoms with E-state index in [9.17, 15) is 0 Å². The molecule has 0 amide bonds. The molecular weight excluding hydrogens is 705 g/mol. The molecule has 0 spiro atoms. The Morgan fingerprint density at radius 2 is 0.772 bits per heavy atom. The predicted molar refractivity (Wildman–Crippen MR) is 237 cm³/mol. The van der Waals surface area contributed by atoms with Crippen molar-refractivity contribution < 1.29 is 0 Å². The minimum Gasteiger partial charge on any atom is -0.228 e. The first-order chi connectivity index (χ1) is 28.3. The predicted octanol–water partition coefficient (Wildman–Crippen LogP) is 9.84. The van der Waals surface area contributed by atoms with E-state index in [2.05, 4.69) is 212 Å². The van der Waals surface area contributed by atoms with Crippen LogP contribution in [-0.2, 0) is 0 Å². The summed E-state index contributed by atoms with van der Waals surface area (Å²) >= 11 is 0. The Labute approximate surface area is 334 Å². The van der Waals surface area contributed by atoms with Crippen LogP contribution in [0.4, 0.5) is 0 Å². The van der Waals surface area contributed by atoms with Crippen molar-refractivity contribution in [2.75, 3.05) is 0 Å². The maximum atomic E-state index is 5.41. The molecule has 3 aliphatic rings. The zero-order valence-corrected chi connectivity index (χ0v) is 32.3. The van der Waals surface area contributed by atoms with Crippen LogP contribution in [0, 0.1) is 0 Å². The van der Waals surface area contributed by atoms with Crippen LogP contribution in [0.2, 0.25) is 0 Å². The topological polar surface area (TPSA) is 25.8 Å². The molecule has 0 radical (unpaired) electrons. The first-order valence-corrected chi connectivity index (χ1v) is 21.8. The van der Waals surface area contributed by atoms with Crippen molar-refractivity contribution in [3.8, 4) is 33.9 Å². The maximum Gasteiger partial charge on any atom is 0.179 e. The lowest BCUT2D eigenvalue weighted by molar-refractivity contribution is 0.759. The molecule has 0 aliphatic heterocycles. The van der Waals surface area contributed by atoms with E-state index in [1.807, 2.05) is 6.07 Å². The molecular formula is C54H38N2Si. The number of aromatic nitrogens is 2. The molecule has 3 aliphatic carbocycles. The van der Waals surface area contributed by atoms with Gasteiger partial charge in [-0.1, -0.05) is 212 Å². The Balaban J connectivity index is 1.23. The van der Waals surface area contributed by atoms with Gasteiger partial charge in [-0.05, 0) is 60.2 Å². The zero-order chi connectivity index (χ0) is 37.8. The van der Waals surface area contributed by atoms with E-state index < -0.39 is 8.07 Å². The minimum absolute atomic E-state index is 0.00178. The van der Waals surface area contributed by atoms with Gasteiger partial charge in [0.15, 0.2) is 13.9 Å². The third-order valence-electron chi connectivity index (χ3n) is 12.2. The smallest absolute Gasteiger partial charge is 0.179 e. The highest BCUT2D eigenvalue weighted by molar-refractivity contribution is 7.20. The summed E-state index contributed by atoms with van der Waals surface area (Å²) in [6.07, 6.45) is 0. The summed E-state index contributed by atoms with van der Waals surface area (Å²) in [7, 11) is -2.89. The average molecular weight is 743 g/mol. The third-order valence-corrected chi connectivity index (χ3v) is 17.1. The Hall–Kier alpha value is -6.94. The number of rotatable bonds is 7. The van der Waals surface area contributed by atoms with Crippen molar-refractivity contribution in [2.45, 2.75) is 11.8 Å². The first-order valence-electron chi connectivity index (χ1n) is 19.8. The van der Waals surface area contributed by atoms with Gasteiger partial charge in [0.05, 0.1) is 11.4 Å². The zero-order valence-electron chi connectivity index (χ0n) is 31.3. The summed E-state index contributed by atoms with van der Waals surface area (Å²) in [5.74, 6) is 0.826. The number of hydrogen-bond donors (Lipinski definition) is 0. The van der Waals surface area contributed by atoms with E-state index >= 15 is 0 Å². The lowest BCUT2D eigenvalue weighted by Crippen LogP contribution is -2.75. The van der Waals surface area contributed by atoms with Gasteiger partial charge in [0.1, 0.15) is 0 Å². The lowest BCUT2D eigenvalue weighted by atomic mass is 9.60. The second kappa shape index (κ2) is 13.7. The molecule has 268 valence electrons. The fraction of sp³-hybridized carbons (Fsp3) is 0.0370. The van der Waals surface area contributed by atoms with Crippen LogP contribution in [0.5, 0.6) is 0 Å². The van der Waals surface area contributed by atoms with Crippen molar-refractivity contribution >= 4 is 28.8 Å². The van der Waals surface area contributed by atoms with Crippen LogP contribution in [-0.4, -0.2) is 18.0 Å². The van der Waals surface area contributed by atoms with E-state index in [0.29, 0.717) is 0 Å². The third kappa shape index (κ3) is 5.23. The first kappa shape index (κ1) is 33.4. The number of nitrogens with zero attached hydrogens (tertiary/aromatic N) is 2. The molecule has 0 fully saturated rings. The molecule has 2 bridgehead atoms. The Morgan fingerprint density at radius 1 is 0.333 bits per heavy atom. The van der Waals surface area contributed by atoms with Crippen LogP contribution in [0.3, 0.4) is 0 Å². The summed E-state index contributed by atoms with van der Waals surface area (Å²) in [4.78, 5) is 10.6. The van der Waals surface area contributed by atoms with Gasteiger partial charge < -0.3 is 0 Å². The summed E-state index contributed by atoms with van der Waals surface area (Å²) in [5.41, 5.74) is 13.5. The van der Waals surface area contributed by atoms with Gasteiger partial charge in [-0.3, -0.25) is 0 Å². The fourth-order valence-electron chi connectivity index (χ4n) is 9.95. The van der Waals surface area contributed by atoms with Gasteiger partial charge in [0, 0.05) is 28.5 Å². The molecule has 57 heavy (non-hydrogen) atoms. The summed E-state index contributed by atoms with van der Waals surface area (Å²) in [5, 5.41) is 5.60. The molecule has 9 aromatic rings. The Morgan fingerprint density at radius 3 is 1.35 bits per heavy atom. The summed E-state index contributed by atoms with van der Waals surface area (Å²) in [6.45, 7) is 0. The Bertz CT molecular complexity index is 2740. The number of benzene rings is 8. The highest BCUT2D eigenvalue weighted by atomic mass is 28.3. The monoisotopic (exact) mass is 742 g/mol. The normalized spacial score (nSPS) is 15.0. The molecule has 2 atom stereocenters. The fourth-order valence-corrected chi connectivity index (χ4v) is 15.0. The van der Waals surface area contributed by atoms with Gasteiger partial charge in [0.2, 0.25) is 0 Å².